The molecule has 1 N–H and O–H groups in total. The lowest BCUT2D eigenvalue weighted by atomic mass is 10.1. The normalized spacial score (nSPS) is 33.4. The molecule has 12 heavy (non-hydrogen) atoms. The summed E-state index contributed by atoms with van der Waals surface area (Å²) in [6.07, 6.45) is 14.9. The van der Waals surface area contributed by atoms with Crippen molar-refractivity contribution in [3.05, 3.63) is 48.9 Å². The van der Waals surface area contributed by atoms with Gasteiger partial charge in [-0.1, -0.05) is 18.2 Å². The van der Waals surface area contributed by atoms with Gasteiger partial charge in [0, 0.05) is 6.08 Å². The molecule has 0 radical (unpaired) electrons. The molecule has 2 aliphatic rings. The van der Waals surface area contributed by atoms with Crippen LogP contribution in [-0.2, 0) is 0 Å². The van der Waals surface area contributed by atoms with Crippen molar-refractivity contribution in [2.45, 2.75) is 12.2 Å². The van der Waals surface area contributed by atoms with Crippen molar-refractivity contribution in [2.75, 3.05) is 0 Å². The van der Waals surface area contributed by atoms with Gasteiger partial charge < -0.3 is 0 Å². The molecule has 62 valence electrons. The summed E-state index contributed by atoms with van der Waals surface area (Å²) in [7, 11) is 0. The van der Waals surface area contributed by atoms with E-state index in [0.29, 0.717) is 6.42 Å². The van der Waals surface area contributed by atoms with Gasteiger partial charge >= 0.3 is 0 Å². The van der Waals surface area contributed by atoms with Gasteiger partial charge in [0.05, 0.1) is 6.42 Å². The third kappa shape index (κ3) is 1.14. The maximum Gasteiger partial charge on any atom is 0.271 e. The van der Waals surface area contributed by atoms with E-state index in [1.165, 1.54) is 0 Å². The van der Waals surface area contributed by atoms with Crippen molar-refractivity contribution >= 4 is 0 Å². The van der Waals surface area contributed by atoms with Crippen LogP contribution in [0.4, 0.5) is 4.39 Å². The number of hydrogen-bond acceptors (Lipinski definition) is 0. The summed E-state index contributed by atoms with van der Waals surface area (Å²) in [5, 5.41) is 0. The highest BCUT2D eigenvalue weighted by atomic mass is 19.1. The van der Waals surface area contributed by atoms with Crippen LogP contribution < -0.4 is 4.90 Å². The number of allylic oxidation sites excluding steroid dienone is 4. The highest BCUT2D eigenvalue weighted by molar-refractivity contribution is 5.16. The minimum Gasteiger partial charge on any atom is -0.247 e. The molecule has 1 atom stereocenters. The number of rotatable bonds is 1. The van der Waals surface area contributed by atoms with Crippen molar-refractivity contribution in [1.29, 1.82) is 0 Å². The van der Waals surface area contributed by atoms with Crippen LogP contribution in [0.2, 0.25) is 0 Å². The van der Waals surface area contributed by atoms with Gasteiger partial charge in [-0.3, -0.25) is 0 Å². The SMILES string of the molecule is FC1([NH+]2C=CC=C2)C=CC=CC1. The lowest BCUT2D eigenvalue weighted by Crippen LogP contribution is -3.10. The predicted octanol–water partition coefficient (Wildman–Crippen LogP) is 1.09. The van der Waals surface area contributed by atoms with Crippen LogP contribution in [0.5, 0.6) is 0 Å². The molecule has 1 nitrogen and oxygen atoms in total. The maximum absolute atomic E-state index is 14.0. The lowest BCUT2D eigenvalue weighted by molar-refractivity contribution is -0.861. The van der Waals surface area contributed by atoms with Gasteiger partial charge in [-0.2, -0.15) is 4.39 Å². The fourth-order valence-electron chi connectivity index (χ4n) is 1.46. The van der Waals surface area contributed by atoms with E-state index in [1.807, 2.05) is 36.7 Å². The Morgan fingerprint density at radius 3 is 2.42 bits per heavy atom. The first-order chi connectivity index (χ1) is 5.81. The van der Waals surface area contributed by atoms with E-state index >= 15 is 0 Å². The first-order valence-electron chi connectivity index (χ1n) is 4.07. The van der Waals surface area contributed by atoms with Crippen molar-refractivity contribution in [2.24, 2.45) is 0 Å². The van der Waals surface area contributed by atoms with Crippen LogP contribution in [0.25, 0.3) is 0 Å². The molecule has 2 heteroatoms. The topological polar surface area (TPSA) is 4.44 Å². The number of quaternary nitrogens is 1. The van der Waals surface area contributed by atoms with Crippen molar-refractivity contribution < 1.29 is 9.29 Å². The Bertz CT molecular complexity index is 276. The van der Waals surface area contributed by atoms with Crippen molar-refractivity contribution in [3.63, 3.8) is 0 Å². The molecule has 0 aromatic rings. The minimum absolute atomic E-state index is 0.452. The summed E-state index contributed by atoms with van der Waals surface area (Å²) >= 11 is 0. The van der Waals surface area contributed by atoms with E-state index in [0.717, 1.165) is 4.90 Å². The van der Waals surface area contributed by atoms with E-state index < -0.39 is 5.79 Å². The van der Waals surface area contributed by atoms with Crippen LogP contribution in [0.15, 0.2) is 48.9 Å². The van der Waals surface area contributed by atoms with Gasteiger partial charge in [-0.15, -0.1) is 0 Å². The van der Waals surface area contributed by atoms with E-state index in [9.17, 15) is 4.39 Å². The van der Waals surface area contributed by atoms with Crippen LogP contribution in [0, 0.1) is 0 Å². The number of halogens is 1. The summed E-state index contributed by atoms with van der Waals surface area (Å²) in [4.78, 5) is 0.753. The second-order valence-corrected chi connectivity index (χ2v) is 3.03. The molecule has 0 saturated carbocycles. The van der Waals surface area contributed by atoms with Crippen molar-refractivity contribution in [1.82, 2.24) is 0 Å². The molecule has 0 aromatic heterocycles. The van der Waals surface area contributed by atoms with Gasteiger partial charge in [0.15, 0.2) is 0 Å². The predicted molar refractivity (Wildman–Crippen MR) is 46.0 cm³/mol. The molecular weight excluding hydrogens is 153 g/mol. The molecule has 1 aliphatic carbocycles. The van der Waals surface area contributed by atoms with E-state index in [4.69, 9.17) is 0 Å². The first-order valence-corrected chi connectivity index (χ1v) is 4.07. The highest BCUT2D eigenvalue weighted by Gasteiger charge is 2.36. The smallest absolute Gasteiger partial charge is 0.247 e. The van der Waals surface area contributed by atoms with E-state index in [1.54, 1.807) is 12.2 Å². The molecule has 0 spiro atoms. The fraction of sp³-hybridized carbons (Fsp3) is 0.200. The Balaban J connectivity index is 2.21. The zero-order chi connectivity index (χ0) is 8.44. The quantitative estimate of drug-likeness (QED) is 0.553. The van der Waals surface area contributed by atoms with Crippen LogP contribution >= 0.6 is 0 Å². The average Bonchev–Trinajstić information content (AvgIpc) is 2.58. The Morgan fingerprint density at radius 2 is 1.83 bits per heavy atom. The standard InChI is InChI=1S/C10H10FN/c11-10(6-2-1-3-7-10)12-8-4-5-9-12/h1-6,8-9H,7H2/p+1. The van der Waals surface area contributed by atoms with Crippen molar-refractivity contribution in [3.8, 4) is 0 Å². The second-order valence-electron chi connectivity index (χ2n) is 3.03. The van der Waals surface area contributed by atoms with E-state index in [-0.39, 0.29) is 0 Å². The molecule has 0 saturated heterocycles. The molecule has 1 aliphatic heterocycles. The summed E-state index contributed by atoms with van der Waals surface area (Å²) in [6, 6.07) is 0. The largest absolute Gasteiger partial charge is 0.271 e. The van der Waals surface area contributed by atoms with Gasteiger partial charge in [0.25, 0.3) is 5.79 Å². The zero-order valence-electron chi connectivity index (χ0n) is 6.70. The summed E-state index contributed by atoms with van der Waals surface area (Å²) in [5.74, 6) is -1.27. The molecule has 2 rings (SSSR count). The Hall–Kier alpha value is -1.15. The van der Waals surface area contributed by atoms with E-state index in [2.05, 4.69) is 0 Å². The molecule has 1 heterocycles. The lowest BCUT2D eigenvalue weighted by Gasteiger charge is -2.25. The Kier molecular flexibility index (Phi) is 1.70. The van der Waals surface area contributed by atoms with Gasteiger partial charge in [0.2, 0.25) is 0 Å². The molecule has 1 unspecified atom stereocenters. The third-order valence-corrected chi connectivity index (χ3v) is 2.17. The third-order valence-electron chi connectivity index (χ3n) is 2.17. The van der Waals surface area contributed by atoms with Gasteiger partial charge in [0.1, 0.15) is 12.4 Å². The summed E-state index contributed by atoms with van der Waals surface area (Å²) < 4.78 is 14.0. The molecular formula is C10H11FN+. The zero-order valence-corrected chi connectivity index (χ0v) is 6.70. The van der Waals surface area contributed by atoms with Crippen LogP contribution in [0.1, 0.15) is 6.42 Å². The number of nitrogens with one attached hydrogen (secondary N) is 1. The van der Waals surface area contributed by atoms with Gasteiger partial charge in [-0.25, -0.2) is 4.90 Å². The monoisotopic (exact) mass is 164 g/mol. The van der Waals surface area contributed by atoms with Gasteiger partial charge in [-0.05, 0) is 12.2 Å². The van der Waals surface area contributed by atoms with Crippen LogP contribution in [0.3, 0.4) is 0 Å². The minimum atomic E-state index is -1.27. The Morgan fingerprint density at radius 1 is 1.08 bits per heavy atom. The Labute approximate surface area is 71.2 Å². The highest BCUT2D eigenvalue weighted by Crippen LogP contribution is 2.16. The molecule has 0 aromatic carbocycles. The first kappa shape index (κ1) is 7.50. The number of hydrogen-bond donors (Lipinski definition) is 1. The van der Waals surface area contributed by atoms with Crippen LogP contribution in [-0.4, -0.2) is 5.79 Å². The maximum atomic E-state index is 14.0. The fourth-order valence-corrected chi connectivity index (χ4v) is 1.46. The summed E-state index contributed by atoms with van der Waals surface area (Å²) in [5.41, 5.74) is 0. The molecule has 0 bridgehead atoms. The second kappa shape index (κ2) is 2.72. The summed E-state index contributed by atoms with van der Waals surface area (Å²) in [6.45, 7) is 0. The molecule has 0 amide bonds. The average molecular weight is 164 g/mol. The number of alkyl halides is 1. The molecule has 0 fully saturated rings.